The zero-order valence-electron chi connectivity index (χ0n) is 18.1. The van der Waals surface area contributed by atoms with Crippen LogP contribution in [0, 0.1) is 18.3 Å². The Morgan fingerprint density at radius 3 is 1.75 bits per heavy atom. The third kappa shape index (κ3) is 3.32. The SMILES string of the molecule is Cc1ccc(C2NC(c3ccccc3)C(c3ccccc3)C2(C#N)c2ccccc2)cc1. The maximum Gasteiger partial charge on any atom is 0.110 e. The molecule has 0 saturated carbocycles. The van der Waals surface area contributed by atoms with Gasteiger partial charge in [-0.2, -0.15) is 5.26 Å². The van der Waals surface area contributed by atoms with Crippen molar-refractivity contribution in [3.63, 3.8) is 0 Å². The molecule has 0 bridgehead atoms. The van der Waals surface area contributed by atoms with E-state index in [1.54, 1.807) is 0 Å². The van der Waals surface area contributed by atoms with Gasteiger partial charge >= 0.3 is 0 Å². The highest BCUT2D eigenvalue weighted by molar-refractivity contribution is 5.51. The number of benzene rings is 4. The molecule has 5 rings (SSSR count). The lowest BCUT2D eigenvalue weighted by molar-refractivity contribution is 0.438. The van der Waals surface area contributed by atoms with Crippen LogP contribution in [0.2, 0.25) is 0 Å². The predicted molar refractivity (Wildman–Crippen MR) is 129 cm³/mol. The van der Waals surface area contributed by atoms with Gasteiger partial charge in [0.25, 0.3) is 0 Å². The summed E-state index contributed by atoms with van der Waals surface area (Å²) in [4.78, 5) is 0. The second-order valence-electron chi connectivity index (χ2n) is 8.63. The van der Waals surface area contributed by atoms with Crippen LogP contribution in [0.1, 0.15) is 45.8 Å². The van der Waals surface area contributed by atoms with Crippen LogP contribution in [0.4, 0.5) is 0 Å². The molecule has 4 aromatic carbocycles. The lowest BCUT2D eigenvalue weighted by atomic mass is 9.63. The van der Waals surface area contributed by atoms with E-state index in [-0.39, 0.29) is 18.0 Å². The molecular weight excluding hydrogens is 388 g/mol. The van der Waals surface area contributed by atoms with Crippen LogP contribution in [-0.4, -0.2) is 0 Å². The summed E-state index contributed by atoms with van der Waals surface area (Å²) in [6, 6.07) is 42.7. The molecule has 1 aliphatic rings. The third-order valence-electron chi connectivity index (χ3n) is 6.79. The third-order valence-corrected chi connectivity index (χ3v) is 6.79. The fraction of sp³-hybridized carbons (Fsp3) is 0.167. The second kappa shape index (κ2) is 8.46. The molecule has 32 heavy (non-hydrogen) atoms. The van der Waals surface area contributed by atoms with E-state index in [4.69, 9.17) is 0 Å². The first-order valence-corrected chi connectivity index (χ1v) is 11.1. The van der Waals surface area contributed by atoms with Crippen LogP contribution < -0.4 is 5.32 Å². The summed E-state index contributed by atoms with van der Waals surface area (Å²) in [6.45, 7) is 2.10. The van der Waals surface area contributed by atoms with Gasteiger partial charge in [-0.05, 0) is 29.2 Å². The summed E-state index contributed by atoms with van der Waals surface area (Å²) < 4.78 is 0. The molecule has 1 aliphatic heterocycles. The number of nitrogens with zero attached hydrogens (tertiary/aromatic N) is 1. The van der Waals surface area contributed by atoms with Gasteiger partial charge in [-0.1, -0.05) is 121 Å². The van der Waals surface area contributed by atoms with Crippen molar-refractivity contribution in [3.05, 3.63) is 143 Å². The molecule has 1 saturated heterocycles. The largest absolute Gasteiger partial charge is 0.301 e. The Labute approximate surface area is 190 Å². The van der Waals surface area contributed by atoms with Crippen molar-refractivity contribution < 1.29 is 0 Å². The lowest BCUT2D eigenvalue weighted by Gasteiger charge is -2.35. The molecule has 1 N–H and O–H groups in total. The second-order valence-corrected chi connectivity index (χ2v) is 8.63. The highest BCUT2D eigenvalue weighted by Gasteiger charge is 2.57. The monoisotopic (exact) mass is 414 g/mol. The summed E-state index contributed by atoms with van der Waals surface area (Å²) in [5, 5.41) is 14.9. The molecule has 2 nitrogen and oxygen atoms in total. The van der Waals surface area contributed by atoms with Crippen molar-refractivity contribution in [1.29, 1.82) is 5.26 Å². The summed E-state index contributed by atoms with van der Waals surface area (Å²) in [6.07, 6.45) is 0. The standard InChI is InChI=1S/C30H26N2/c1-22-17-19-25(20-18-22)29-30(21-31,26-15-9-4-10-16-26)27(23-11-5-2-6-12-23)28(32-29)24-13-7-3-8-14-24/h2-20,27-29,32H,1H3. The fourth-order valence-corrected chi connectivity index (χ4v) is 5.29. The van der Waals surface area contributed by atoms with E-state index in [1.807, 2.05) is 30.3 Å². The van der Waals surface area contributed by atoms with Crippen molar-refractivity contribution in [3.8, 4) is 6.07 Å². The predicted octanol–water partition coefficient (Wildman–Crippen LogP) is 6.63. The molecule has 4 unspecified atom stereocenters. The molecule has 2 heteroatoms. The minimum atomic E-state index is -0.765. The van der Waals surface area contributed by atoms with Gasteiger partial charge in [0, 0.05) is 12.0 Å². The van der Waals surface area contributed by atoms with Crippen LogP contribution in [0.25, 0.3) is 0 Å². The average molecular weight is 415 g/mol. The quantitative estimate of drug-likeness (QED) is 0.407. The Morgan fingerprint density at radius 2 is 1.19 bits per heavy atom. The van der Waals surface area contributed by atoms with Gasteiger partial charge in [-0.3, -0.25) is 0 Å². The van der Waals surface area contributed by atoms with Crippen LogP contribution in [0.3, 0.4) is 0 Å². The van der Waals surface area contributed by atoms with E-state index in [9.17, 15) is 5.26 Å². The molecule has 1 fully saturated rings. The van der Waals surface area contributed by atoms with E-state index in [2.05, 4.69) is 103 Å². The van der Waals surface area contributed by atoms with Crippen molar-refractivity contribution in [1.82, 2.24) is 5.32 Å². The first-order valence-electron chi connectivity index (χ1n) is 11.1. The highest BCUT2D eigenvalue weighted by Crippen LogP contribution is 2.58. The molecule has 0 spiro atoms. The minimum Gasteiger partial charge on any atom is -0.301 e. The number of aryl methyl sites for hydroxylation is 1. The first-order chi connectivity index (χ1) is 15.7. The normalized spacial score (nSPS) is 24.7. The van der Waals surface area contributed by atoms with Gasteiger partial charge in [0.1, 0.15) is 5.41 Å². The van der Waals surface area contributed by atoms with Crippen molar-refractivity contribution in [2.45, 2.75) is 30.3 Å². The van der Waals surface area contributed by atoms with Crippen LogP contribution in [0.15, 0.2) is 115 Å². The van der Waals surface area contributed by atoms with Crippen molar-refractivity contribution in [2.75, 3.05) is 0 Å². The molecule has 0 aliphatic carbocycles. The fourth-order valence-electron chi connectivity index (χ4n) is 5.29. The van der Waals surface area contributed by atoms with Gasteiger partial charge in [0.15, 0.2) is 0 Å². The number of rotatable bonds is 4. The zero-order valence-corrected chi connectivity index (χ0v) is 18.1. The summed E-state index contributed by atoms with van der Waals surface area (Å²) in [5.74, 6) is -0.0511. The van der Waals surface area contributed by atoms with E-state index >= 15 is 0 Å². The summed E-state index contributed by atoms with van der Waals surface area (Å²) in [7, 11) is 0. The van der Waals surface area contributed by atoms with Crippen LogP contribution in [0.5, 0.6) is 0 Å². The van der Waals surface area contributed by atoms with Gasteiger partial charge in [-0.25, -0.2) is 0 Å². The molecule has 0 amide bonds. The molecule has 0 aromatic heterocycles. The minimum absolute atomic E-state index is 0.00441. The van der Waals surface area contributed by atoms with E-state index in [1.165, 1.54) is 16.7 Å². The average Bonchev–Trinajstić information content (AvgIpc) is 3.22. The molecule has 0 radical (unpaired) electrons. The first kappa shape index (κ1) is 20.2. The van der Waals surface area contributed by atoms with E-state index in [0.29, 0.717) is 0 Å². The number of nitriles is 1. The van der Waals surface area contributed by atoms with Crippen molar-refractivity contribution in [2.24, 2.45) is 0 Å². The van der Waals surface area contributed by atoms with Crippen LogP contribution in [-0.2, 0) is 5.41 Å². The van der Waals surface area contributed by atoms with E-state index in [0.717, 1.165) is 11.1 Å². The number of hydrogen-bond acceptors (Lipinski definition) is 2. The van der Waals surface area contributed by atoms with Crippen LogP contribution >= 0.6 is 0 Å². The topological polar surface area (TPSA) is 35.8 Å². The van der Waals surface area contributed by atoms with Gasteiger partial charge < -0.3 is 5.32 Å². The highest BCUT2D eigenvalue weighted by atomic mass is 15.0. The molecule has 4 aromatic rings. The van der Waals surface area contributed by atoms with Crippen molar-refractivity contribution >= 4 is 0 Å². The smallest absolute Gasteiger partial charge is 0.110 e. The summed E-state index contributed by atoms with van der Waals surface area (Å²) >= 11 is 0. The lowest BCUT2D eigenvalue weighted by Crippen LogP contribution is -2.35. The molecule has 156 valence electrons. The Morgan fingerprint density at radius 1 is 0.656 bits per heavy atom. The number of nitrogens with one attached hydrogen (secondary N) is 1. The Bertz CT molecular complexity index is 1210. The Kier molecular flexibility index (Phi) is 5.35. The number of hydrogen-bond donors (Lipinski definition) is 1. The van der Waals surface area contributed by atoms with Gasteiger partial charge in [0.05, 0.1) is 12.1 Å². The molecule has 1 heterocycles. The maximum absolute atomic E-state index is 11.0. The Balaban J connectivity index is 1.79. The zero-order chi connectivity index (χ0) is 22.0. The molecule has 4 atom stereocenters. The van der Waals surface area contributed by atoms with Gasteiger partial charge in [0.2, 0.25) is 0 Å². The summed E-state index contributed by atoms with van der Waals surface area (Å²) in [5.41, 5.74) is 5.01. The molecular formula is C30H26N2. The Hall–Kier alpha value is -3.67. The van der Waals surface area contributed by atoms with E-state index < -0.39 is 5.41 Å². The van der Waals surface area contributed by atoms with Gasteiger partial charge in [-0.15, -0.1) is 0 Å². The maximum atomic E-state index is 11.0.